The van der Waals surface area contributed by atoms with Crippen LogP contribution in [0.1, 0.15) is 5.56 Å². The van der Waals surface area contributed by atoms with Crippen molar-refractivity contribution in [3.8, 4) is 0 Å². The Balaban J connectivity index is 2.06. The summed E-state index contributed by atoms with van der Waals surface area (Å²) in [5.41, 5.74) is 1.12. The van der Waals surface area contributed by atoms with Gasteiger partial charge in [-0.2, -0.15) is 0 Å². The third-order valence-corrected chi connectivity index (χ3v) is 3.44. The summed E-state index contributed by atoms with van der Waals surface area (Å²) in [5.74, 6) is 0.812. The zero-order chi connectivity index (χ0) is 10.7. The predicted octanol–water partition coefficient (Wildman–Crippen LogP) is 2.76. The molecule has 78 valence electrons. The van der Waals surface area contributed by atoms with E-state index in [-0.39, 0.29) is 0 Å². The molecule has 0 N–H and O–H groups in total. The molecule has 0 saturated carbocycles. The lowest BCUT2D eigenvalue weighted by atomic mass is 10.2. The minimum Gasteiger partial charge on any atom is -0.312 e. The molecule has 0 bridgehead atoms. The molecule has 3 nitrogen and oxygen atoms in total. The van der Waals surface area contributed by atoms with Gasteiger partial charge in [0.1, 0.15) is 6.33 Å². The number of aromatic nitrogens is 3. The van der Waals surface area contributed by atoms with Crippen LogP contribution in [0.25, 0.3) is 0 Å². The molecule has 0 aliphatic heterocycles. The molecule has 0 aliphatic carbocycles. The second kappa shape index (κ2) is 4.68. The fraction of sp³-hybridized carbons (Fsp3) is 0.200. The molecule has 0 radical (unpaired) electrons. The molecule has 1 aromatic heterocycles. The quantitative estimate of drug-likeness (QED) is 0.772. The average molecular weight is 240 g/mol. The lowest BCUT2D eigenvalue weighted by Gasteiger charge is -2.02. The first-order valence-electron chi connectivity index (χ1n) is 4.47. The van der Waals surface area contributed by atoms with E-state index < -0.39 is 0 Å². The Morgan fingerprint density at radius 1 is 1.40 bits per heavy atom. The van der Waals surface area contributed by atoms with Crippen LogP contribution in [-0.2, 0) is 12.8 Å². The van der Waals surface area contributed by atoms with Gasteiger partial charge >= 0.3 is 0 Å². The molecule has 0 saturated heterocycles. The maximum Gasteiger partial charge on any atom is 0.191 e. The average Bonchev–Trinajstić information content (AvgIpc) is 2.63. The zero-order valence-corrected chi connectivity index (χ0v) is 9.79. The summed E-state index contributed by atoms with van der Waals surface area (Å²) in [7, 11) is 1.93. The Bertz CT molecular complexity index is 455. The van der Waals surface area contributed by atoms with E-state index >= 15 is 0 Å². The third-order valence-electron chi connectivity index (χ3n) is 1.98. The van der Waals surface area contributed by atoms with Gasteiger partial charge in [0.05, 0.1) is 0 Å². The van der Waals surface area contributed by atoms with Crippen LogP contribution in [0.3, 0.4) is 0 Å². The highest BCUT2D eigenvalue weighted by Crippen LogP contribution is 2.24. The lowest BCUT2D eigenvalue weighted by Crippen LogP contribution is -1.90. The van der Waals surface area contributed by atoms with E-state index in [9.17, 15) is 0 Å². The monoisotopic (exact) mass is 239 g/mol. The standard InChI is InChI=1S/C10H10ClN3S/c1-14-7-12-13-10(14)15-6-8-4-2-3-5-9(8)11/h2-5,7H,6H2,1H3. The van der Waals surface area contributed by atoms with E-state index in [1.807, 2.05) is 35.9 Å². The van der Waals surface area contributed by atoms with Crippen LogP contribution in [0.5, 0.6) is 0 Å². The fourth-order valence-electron chi connectivity index (χ4n) is 1.16. The zero-order valence-electron chi connectivity index (χ0n) is 8.22. The van der Waals surface area contributed by atoms with Gasteiger partial charge in [0.15, 0.2) is 5.16 Å². The molecule has 0 spiro atoms. The molecule has 0 amide bonds. The Kier molecular flexibility index (Phi) is 3.28. The molecule has 2 rings (SSSR count). The smallest absolute Gasteiger partial charge is 0.191 e. The van der Waals surface area contributed by atoms with Crippen LogP contribution in [0.2, 0.25) is 5.02 Å². The van der Waals surface area contributed by atoms with Crippen LogP contribution < -0.4 is 0 Å². The third kappa shape index (κ3) is 2.52. The topological polar surface area (TPSA) is 30.7 Å². The molecule has 0 aliphatic rings. The molecule has 2 aromatic rings. The van der Waals surface area contributed by atoms with Crippen molar-refractivity contribution >= 4 is 23.4 Å². The molecule has 1 heterocycles. The number of hydrogen-bond donors (Lipinski definition) is 0. The molecule has 1 aromatic carbocycles. The second-order valence-corrected chi connectivity index (χ2v) is 4.45. The van der Waals surface area contributed by atoms with Crippen molar-refractivity contribution in [2.45, 2.75) is 10.9 Å². The highest BCUT2D eigenvalue weighted by Gasteiger charge is 2.04. The van der Waals surface area contributed by atoms with Crippen molar-refractivity contribution < 1.29 is 0 Å². The SMILES string of the molecule is Cn1cnnc1SCc1ccccc1Cl. The highest BCUT2D eigenvalue weighted by atomic mass is 35.5. The van der Waals surface area contributed by atoms with Crippen molar-refractivity contribution in [2.24, 2.45) is 7.05 Å². The van der Waals surface area contributed by atoms with Gasteiger partial charge in [0.2, 0.25) is 0 Å². The van der Waals surface area contributed by atoms with Gasteiger partial charge in [-0.15, -0.1) is 10.2 Å². The lowest BCUT2D eigenvalue weighted by molar-refractivity contribution is 0.788. The Labute approximate surface area is 97.5 Å². The second-order valence-electron chi connectivity index (χ2n) is 3.10. The Hall–Kier alpha value is -1.00. The number of benzene rings is 1. The van der Waals surface area contributed by atoms with E-state index in [2.05, 4.69) is 10.2 Å². The first-order valence-corrected chi connectivity index (χ1v) is 5.84. The van der Waals surface area contributed by atoms with E-state index in [1.54, 1.807) is 18.1 Å². The number of rotatable bonds is 3. The fourth-order valence-corrected chi connectivity index (χ4v) is 2.33. The van der Waals surface area contributed by atoms with Crippen LogP contribution in [0, 0.1) is 0 Å². The van der Waals surface area contributed by atoms with Gasteiger partial charge < -0.3 is 4.57 Å². The van der Waals surface area contributed by atoms with Crippen LogP contribution in [0.4, 0.5) is 0 Å². The first kappa shape index (κ1) is 10.5. The van der Waals surface area contributed by atoms with E-state index in [0.29, 0.717) is 0 Å². The summed E-state index contributed by atoms with van der Waals surface area (Å²) in [6.45, 7) is 0. The first-order chi connectivity index (χ1) is 7.27. The van der Waals surface area contributed by atoms with Crippen molar-refractivity contribution in [3.05, 3.63) is 41.2 Å². The summed E-state index contributed by atoms with van der Waals surface area (Å²) in [6.07, 6.45) is 1.69. The van der Waals surface area contributed by atoms with Crippen molar-refractivity contribution in [2.75, 3.05) is 0 Å². The number of hydrogen-bond acceptors (Lipinski definition) is 3. The summed E-state index contributed by atoms with van der Waals surface area (Å²) in [6, 6.07) is 7.83. The molecule has 0 fully saturated rings. The summed E-state index contributed by atoms with van der Waals surface area (Å²) in [4.78, 5) is 0. The maximum absolute atomic E-state index is 6.05. The van der Waals surface area contributed by atoms with Gasteiger partial charge in [-0.25, -0.2) is 0 Å². The van der Waals surface area contributed by atoms with Gasteiger partial charge in [-0.1, -0.05) is 41.6 Å². The van der Waals surface area contributed by atoms with E-state index in [0.717, 1.165) is 21.5 Å². The van der Waals surface area contributed by atoms with Gasteiger partial charge in [-0.3, -0.25) is 0 Å². The summed E-state index contributed by atoms with van der Waals surface area (Å²) in [5, 5.41) is 9.51. The van der Waals surface area contributed by atoms with E-state index in [1.165, 1.54) is 0 Å². The molecular weight excluding hydrogens is 230 g/mol. The van der Waals surface area contributed by atoms with Crippen molar-refractivity contribution in [1.82, 2.24) is 14.8 Å². The van der Waals surface area contributed by atoms with Gasteiger partial charge in [-0.05, 0) is 11.6 Å². The molecule has 15 heavy (non-hydrogen) atoms. The van der Waals surface area contributed by atoms with Crippen LogP contribution >= 0.6 is 23.4 Å². The number of thioether (sulfide) groups is 1. The minimum atomic E-state index is 0.798. The van der Waals surface area contributed by atoms with Gasteiger partial charge in [0, 0.05) is 17.8 Å². The summed E-state index contributed by atoms with van der Waals surface area (Å²) >= 11 is 7.67. The highest BCUT2D eigenvalue weighted by molar-refractivity contribution is 7.98. The number of halogens is 1. The van der Waals surface area contributed by atoms with Crippen molar-refractivity contribution in [3.63, 3.8) is 0 Å². The largest absolute Gasteiger partial charge is 0.312 e. The molecule has 0 atom stereocenters. The van der Waals surface area contributed by atoms with E-state index in [4.69, 9.17) is 11.6 Å². The molecular formula is C10H10ClN3S. The predicted molar refractivity (Wildman–Crippen MR) is 62.0 cm³/mol. The normalized spacial score (nSPS) is 10.5. The van der Waals surface area contributed by atoms with Gasteiger partial charge in [0.25, 0.3) is 0 Å². The summed E-state index contributed by atoms with van der Waals surface area (Å²) < 4.78 is 1.89. The molecule has 5 heteroatoms. The van der Waals surface area contributed by atoms with Crippen LogP contribution in [-0.4, -0.2) is 14.8 Å². The number of aryl methyl sites for hydroxylation is 1. The Morgan fingerprint density at radius 2 is 2.20 bits per heavy atom. The number of nitrogens with zero attached hydrogens (tertiary/aromatic N) is 3. The minimum absolute atomic E-state index is 0.798. The molecule has 0 unspecified atom stereocenters. The van der Waals surface area contributed by atoms with Crippen LogP contribution in [0.15, 0.2) is 35.7 Å². The Morgan fingerprint density at radius 3 is 2.87 bits per heavy atom. The van der Waals surface area contributed by atoms with Crippen molar-refractivity contribution in [1.29, 1.82) is 0 Å². The maximum atomic E-state index is 6.05.